The monoisotopic (exact) mass is 283 g/mol. The Labute approximate surface area is 116 Å². The number of carbonyl (C=O) groups excluding carboxylic acids is 1. The lowest BCUT2D eigenvalue weighted by atomic mass is 9.88. The number of rotatable bonds is 3. The van der Waals surface area contributed by atoms with E-state index in [0.717, 1.165) is 31.4 Å². The highest BCUT2D eigenvalue weighted by Gasteiger charge is 2.46. The number of hydrogen-bond acceptors (Lipinski definition) is 2. The maximum Gasteiger partial charge on any atom is 0.252 e. The number of fused-ring (bicyclic) bond motifs is 1. The normalized spacial score (nSPS) is 22.8. The van der Waals surface area contributed by atoms with Crippen LogP contribution >= 0.6 is 0 Å². The van der Waals surface area contributed by atoms with Gasteiger partial charge in [0.1, 0.15) is 6.04 Å². The molecule has 0 aliphatic heterocycles. The maximum atomic E-state index is 12.7. The van der Waals surface area contributed by atoms with E-state index in [0.29, 0.717) is 0 Å². The Morgan fingerprint density at radius 1 is 1.45 bits per heavy atom. The van der Waals surface area contributed by atoms with E-state index in [-0.39, 0.29) is 18.7 Å². The lowest BCUT2D eigenvalue weighted by Gasteiger charge is -2.35. The SMILES string of the molecule is CC(C(=O)NC1CC(F)(F)C1)n1cc2c(n1)CCCC2. The Hall–Kier alpha value is -1.46. The molecule has 6 heteroatoms. The third-order valence-corrected chi connectivity index (χ3v) is 4.22. The summed E-state index contributed by atoms with van der Waals surface area (Å²) < 4.78 is 27.2. The van der Waals surface area contributed by atoms with Crippen LogP contribution in [0.5, 0.6) is 0 Å². The summed E-state index contributed by atoms with van der Waals surface area (Å²) in [5.41, 5.74) is 2.29. The Kier molecular flexibility index (Phi) is 3.26. The van der Waals surface area contributed by atoms with Crippen LogP contribution < -0.4 is 5.32 Å². The number of halogens is 2. The predicted molar refractivity (Wildman–Crippen MR) is 69.7 cm³/mol. The minimum absolute atomic E-state index is 0.231. The molecule has 2 aliphatic carbocycles. The summed E-state index contributed by atoms with van der Waals surface area (Å²) in [5, 5.41) is 7.13. The van der Waals surface area contributed by atoms with E-state index in [1.807, 2.05) is 6.20 Å². The summed E-state index contributed by atoms with van der Waals surface area (Å²) in [6, 6.07) is -0.847. The average molecular weight is 283 g/mol. The van der Waals surface area contributed by atoms with Gasteiger partial charge in [-0.1, -0.05) is 0 Å². The molecule has 1 aromatic rings. The molecule has 0 saturated heterocycles. The fraction of sp³-hybridized carbons (Fsp3) is 0.714. The average Bonchev–Trinajstić information content (AvgIpc) is 2.79. The van der Waals surface area contributed by atoms with Crippen LogP contribution in [0.25, 0.3) is 0 Å². The molecule has 1 N–H and O–H groups in total. The molecule has 3 rings (SSSR count). The van der Waals surface area contributed by atoms with Crippen molar-refractivity contribution in [2.75, 3.05) is 0 Å². The molecule has 1 heterocycles. The molecule has 1 amide bonds. The van der Waals surface area contributed by atoms with E-state index in [9.17, 15) is 13.6 Å². The molecule has 1 aromatic heterocycles. The third-order valence-electron chi connectivity index (χ3n) is 4.22. The minimum atomic E-state index is -2.61. The Morgan fingerprint density at radius 2 is 2.15 bits per heavy atom. The lowest BCUT2D eigenvalue weighted by molar-refractivity contribution is -0.132. The molecule has 20 heavy (non-hydrogen) atoms. The van der Waals surface area contributed by atoms with Crippen LogP contribution in [0.15, 0.2) is 6.20 Å². The van der Waals surface area contributed by atoms with Crippen LogP contribution in [-0.2, 0) is 17.6 Å². The number of hydrogen-bond donors (Lipinski definition) is 1. The summed E-state index contributed by atoms with van der Waals surface area (Å²) in [4.78, 5) is 12.1. The molecular weight excluding hydrogens is 264 g/mol. The molecular formula is C14H19F2N3O. The van der Waals surface area contributed by atoms with Crippen LogP contribution in [0.3, 0.4) is 0 Å². The van der Waals surface area contributed by atoms with Gasteiger partial charge in [-0.3, -0.25) is 9.48 Å². The van der Waals surface area contributed by atoms with Crippen molar-refractivity contribution < 1.29 is 13.6 Å². The van der Waals surface area contributed by atoms with E-state index in [1.165, 1.54) is 5.56 Å². The van der Waals surface area contributed by atoms with Gasteiger partial charge in [0.15, 0.2) is 0 Å². The summed E-state index contributed by atoms with van der Waals surface area (Å²) in [6.45, 7) is 1.75. The Morgan fingerprint density at radius 3 is 2.80 bits per heavy atom. The van der Waals surface area contributed by atoms with E-state index >= 15 is 0 Å². The molecule has 1 unspecified atom stereocenters. The van der Waals surface area contributed by atoms with Gasteiger partial charge in [-0.05, 0) is 38.2 Å². The maximum absolute atomic E-state index is 12.7. The highest BCUT2D eigenvalue weighted by molar-refractivity contribution is 5.80. The van der Waals surface area contributed by atoms with Crippen LogP contribution in [0.2, 0.25) is 0 Å². The Bertz CT molecular complexity index is 495. The molecule has 0 bridgehead atoms. The van der Waals surface area contributed by atoms with Gasteiger partial charge in [-0.25, -0.2) is 8.78 Å². The minimum Gasteiger partial charge on any atom is -0.351 e. The van der Waals surface area contributed by atoms with Gasteiger partial charge in [0.25, 0.3) is 5.92 Å². The van der Waals surface area contributed by atoms with Crippen molar-refractivity contribution in [3.05, 3.63) is 17.5 Å². The second-order valence-electron chi connectivity index (χ2n) is 5.93. The van der Waals surface area contributed by atoms with Gasteiger partial charge < -0.3 is 5.32 Å². The zero-order valence-corrected chi connectivity index (χ0v) is 11.5. The molecule has 1 atom stereocenters. The first-order valence-electron chi connectivity index (χ1n) is 7.20. The number of aryl methyl sites for hydroxylation is 2. The van der Waals surface area contributed by atoms with Gasteiger partial charge in [0, 0.05) is 25.1 Å². The van der Waals surface area contributed by atoms with E-state index in [1.54, 1.807) is 11.6 Å². The van der Waals surface area contributed by atoms with E-state index < -0.39 is 18.0 Å². The van der Waals surface area contributed by atoms with Gasteiger partial charge in [0.05, 0.1) is 5.69 Å². The van der Waals surface area contributed by atoms with Crippen LogP contribution in [0.4, 0.5) is 8.78 Å². The first-order valence-corrected chi connectivity index (χ1v) is 7.20. The van der Waals surface area contributed by atoms with E-state index in [4.69, 9.17) is 0 Å². The number of nitrogens with zero attached hydrogens (tertiary/aromatic N) is 2. The molecule has 0 radical (unpaired) electrons. The first kappa shape index (κ1) is 13.5. The number of amides is 1. The summed E-state index contributed by atoms with van der Waals surface area (Å²) >= 11 is 0. The van der Waals surface area contributed by atoms with Gasteiger partial charge in [0.2, 0.25) is 5.91 Å². The third kappa shape index (κ3) is 2.55. The summed E-state index contributed by atoms with van der Waals surface area (Å²) in [7, 11) is 0. The highest BCUT2D eigenvalue weighted by Crippen LogP contribution is 2.37. The zero-order chi connectivity index (χ0) is 14.3. The first-order chi connectivity index (χ1) is 9.44. The Balaban J connectivity index is 1.62. The zero-order valence-electron chi connectivity index (χ0n) is 11.5. The number of nitrogens with one attached hydrogen (secondary N) is 1. The largest absolute Gasteiger partial charge is 0.351 e. The van der Waals surface area contributed by atoms with E-state index in [2.05, 4.69) is 10.4 Å². The van der Waals surface area contributed by atoms with Crippen molar-refractivity contribution in [2.24, 2.45) is 0 Å². The number of carbonyl (C=O) groups is 1. The molecule has 2 aliphatic rings. The lowest BCUT2D eigenvalue weighted by Crippen LogP contribution is -2.51. The van der Waals surface area contributed by atoms with Gasteiger partial charge in [-0.15, -0.1) is 0 Å². The number of alkyl halides is 2. The number of aromatic nitrogens is 2. The molecule has 0 spiro atoms. The quantitative estimate of drug-likeness (QED) is 0.924. The second kappa shape index (κ2) is 4.82. The highest BCUT2D eigenvalue weighted by atomic mass is 19.3. The smallest absolute Gasteiger partial charge is 0.252 e. The standard InChI is InChI=1S/C14H19F2N3O/c1-9(13(20)17-11-6-14(15,16)7-11)19-8-10-4-2-3-5-12(10)18-19/h8-9,11H,2-7H2,1H3,(H,17,20). The molecule has 1 saturated carbocycles. The van der Waals surface area contributed by atoms with Crippen molar-refractivity contribution >= 4 is 5.91 Å². The molecule has 4 nitrogen and oxygen atoms in total. The van der Waals surface area contributed by atoms with Crippen LogP contribution in [0.1, 0.15) is 49.9 Å². The fourth-order valence-corrected chi connectivity index (χ4v) is 2.90. The van der Waals surface area contributed by atoms with Gasteiger partial charge in [-0.2, -0.15) is 5.10 Å². The fourth-order valence-electron chi connectivity index (χ4n) is 2.90. The molecule has 110 valence electrons. The topological polar surface area (TPSA) is 46.9 Å². The second-order valence-corrected chi connectivity index (χ2v) is 5.93. The molecule has 0 aromatic carbocycles. The summed E-state index contributed by atoms with van der Waals surface area (Å²) in [6.07, 6.45) is 5.71. The van der Waals surface area contributed by atoms with Crippen molar-refractivity contribution in [3.63, 3.8) is 0 Å². The van der Waals surface area contributed by atoms with Crippen LogP contribution in [-0.4, -0.2) is 27.7 Å². The van der Waals surface area contributed by atoms with Crippen molar-refractivity contribution in [2.45, 2.75) is 63.5 Å². The van der Waals surface area contributed by atoms with Crippen LogP contribution in [0, 0.1) is 0 Å². The summed E-state index contributed by atoms with van der Waals surface area (Å²) in [5.74, 6) is -2.84. The van der Waals surface area contributed by atoms with Crippen molar-refractivity contribution in [1.29, 1.82) is 0 Å². The predicted octanol–water partition coefficient (Wildman–Crippen LogP) is 2.24. The van der Waals surface area contributed by atoms with Crippen molar-refractivity contribution in [3.8, 4) is 0 Å². The van der Waals surface area contributed by atoms with Crippen molar-refractivity contribution in [1.82, 2.24) is 15.1 Å². The van der Waals surface area contributed by atoms with Gasteiger partial charge >= 0.3 is 0 Å². The molecule has 1 fully saturated rings.